The predicted octanol–water partition coefficient (Wildman–Crippen LogP) is 2.11. The molecule has 0 bridgehead atoms. The Balaban J connectivity index is 1.78. The first kappa shape index (κ1) is 14.9. The third-order valence-corrected chi connectivity index (χ3v) is 3.94. The van der Waals surface area contributed by atoms with Gasteiger partial charge in [0.15, 0.2) is 0 Å². The van der Waals surface area contributed by atoms with Crippen molar-refractivity contribution in [1.82, 2.24) is 10.2 Å². The van der Waals surface area contributed by atoms with Crippen molar-refractivity contribution in [3.8, 4) is 0 Å². The highest BCUT2D eigenvalue weighted by Gasteiger charge is 2.13. The number of fused-ring (bicyclic) bond motifs is 1. The fraction of sp³-hybridized carbons (Fsp3) is 0.562. The standard InChI is InChI=1S/C16H25N3O/c1-12(2)19(3)10-4-8-18-16(20)14-6-5-13-7-9-17-15(13)11-14/h5-6,11-12,17H,4,7-10H2,1-3H3,(H,18,20). The minimum atomic E-state index is 0.0219. The third-order valence-electron chi connectivity index (χ3n) is 3.94. The van der Waals surface area contributed by atoms with Crippen LogP contribution in [0.15, 0.2) is 18.2 Å². The quantitative estimate of drug-likeness (QED) is 0.782. The van der Waals surface area contributed by atoms with Crippen LogP contribution in [-0.4, -0.2) is 43.5 Å². The number of rotatable bonds is 6. The molecule has 1 heterocycles. The van der Waals surface area contributed by atoms with E-state index < -0.39 is 0 Å². The van der Waals surface area contributed by atoms with Gasteiger partial charge in [-0.2, -0.15) is 0 Å². The van der Waals surface area contributed by atoms with Crippen molar-refractivity contribution in [3.05, 3.63) is 29.3 Å². The third kappa shape index (κ3) is 3.73. The van der Waals surface area contributed by atoms with Crippen LogP contribution in [0.1, 0.15) is 36.2 Å². The average Bonchev–Trinajstić information content (AvgIpc) is 2.90. The van der Waals surface area contributed by atoms with Crippen LogP contribution in [0.5, 0.6) is 0 Å². The smallest absolute Gasteiger partial charge is 0.251 e. The Morgan fingerprint density at radius 1 is 1.45 bits per heavy atom. The van der Waals surface area contributed by atoms with Gasteiger partial charge in [-0.05, 0) is 58.0 Å². The van der Waals surface area contributed by atoms with Crippen LogP contribution in [0, 0.1) is 0 Å². The van der Waals surface area contributed by atoms with Gasteiger partial charge in [0.2, 0.25) is 0 Å². The van der Waals surface area contributed by atoms with Crippen molar-refractivity contribution in [2.45, 2.75) is 32.7 Å². The molecule has 20 heavy (non-hydrogen) atoms. The largest absolute Gasteiger partial charge is 0.384 e. The molecule has 110 valence electrons. The second kappa shape index (κ2) is 6.75. The molecule has 0 fully saturated rings. The summed E-state index contributed by atoms with van der Waals surface area (Å²) < 4.78 is 0. The number of carbonyl (C=O) groups is 1. The number of benzene rings is 1. The van der Waals surface area contributed by atoms with Crippen LogP contribution in [0.4, 0.5) is 5.69 Å². The molecule has 0 saturated carbocycles. The highest BCUT2D eigenvalue weighted by Crippen LogP contribution is 2.23. The average molecular weight is 275 g/mol. The van der Waals surface area contributed by atoms with E-state index in [0.717, 1.165) is 43.7 Å². The molecule has 1 aliphatic rings. The van der Waals surface area contributed by atoms with Crippen LogP contribution in [0.25, 0.3) is 0 Å². The van der Waals surface area contributed by atoms with Crippen LogP contribution in [0.3, 0.4) is 0 Å². The Morgan fingerprint density at radius 3 is 3.00 bits per heavy atom. The molecule has 0 saturated heterocycles. The topological polar surface area (TPSA) is 44.4 Å². The van der Waals surface area contributed by atoms with E-state index in [0.29, 0.717) is 6.04 Å². The number of nitrogens with one attached hydrogen (secondary N) is 2. The summed E-state index contributed by atoms with van der Waals surface area (Å²) in [6, 6.07) is 6.48. The summed E-state index contributed by atoms with van der Waals surface area (Å²) in [5.74, 6) is 0.0219. The van der Waals surface area contributed by atoms with Crippen LogP contribution in [-0.2, 0) is 6.42 Å². The molecule has 0 atom stereocenters. The molecular formula is C16H25N3O. The fourth-order valence-electron chi connectivity index (χ4n) is 2.32. The zero-order chi connectivity index (χ0) is 14.5. The highest BCUT2D eigenvalue weighted by atomic mass is 16.1. The fourth-order valence-corrected chi connectivity index (χ4v) is 2.32. The lowest BCUT2D eigenvalue weighted by atomic mass is 10.1. The number of carbonyl (C=O) groups excluding carboxylic acids is 1. The van der Waals surface area contributed by atoms with Gasteiger partial charge in [0.1, 0.15) is 0 Å². The molecule has 1 aromatic rings. The van der Waals surface area contributed by atoms with Gasteiger partial charge in [-0.1, -0.05) is 6.07 Å². The van der Waals surface area contributed by atoms with Gasteiger partial charge in [-0.25, -0.2) is 0 Å². The van der Waals surface area contributed by atoms with E-state index in [2.05, 4.69) is 42.5 Å². The van der Waals surface area contributed by atoms with Gasteiger partial charge < -0.3 is 15.5 Å². The van der Waals surface area contributed by atoms with E-state index in [4.69, 9.17) is 0 Å². The van der Waals surface area contributed by atoms with E-state index in [-0.39, 0.29) is 5.91 Å². The molecular weight excluding hydrogens is 250 g/mol. The minimum absolute atomic E-state index is 0.0219. The normalized spacial score (nSPS) is 13.4. The van der Waals surface area contributed by atoms with Gasteiger partial charge in [0.25, 0.3) is 5.91 Å². The van der Waals surface area contributed by atoms with E-state index in [1.165, 1.54) is 5.56 Å². The molecule has 1 aromatic carbocycles. The zero-order valence-corrected chi connectivity index (χ0v) is 12.7. The van der Waals surface area contributed by atoms with Crippen molar-refractivity contribution in [2.24, 2.45) is 0 Å². The van der Waals surface area contributed by atoms with Gasteiger partial charge in [0.05, 0.1) is 0 Å². The first-order chi connectivity index (χ1) is 9.58. The summed E-state index contributed by atoms with van der Waals surface area (Å²) in [6.07, 6.45) is 2.03. The predicted molar refractivity (Wildman–Crippen MR) is 83.4 cm³/mol. The van der Waals surface area contributed by atoms with Gasteiger partial charge in [-0.3, -0.25) is 4.79 Å². The summed E-state index contributed by atoms with van der Waals surface area (Å²) in [5.41, 5.74) is 3.16. The molecule has 0 aromatic heterocycles. The summed E-state index contributed by atoms with van der Waals surface area (Å²) in [6.45, 7) is 7.05. The molecule has 2 rings (SSSR count). The maximum absolute atomic E-state index is 12.1. The van der Waals surface area contributed by atoms with E-state index in [1.807, 2.05) is 12.1 Å². The van der Waals surface area contributed by atoms with Gasteiger partial charge in [0, 0.05) is 30.4 Å². The van der Waals surface area contributed by atoms with Gasteiger partial charge >= 0.3 is 0 Å². The molecule has 0 unspecified atom stereocenters. The Morgan fingerprint density at radius 2 is 2.25 bits per heavy atom. The van der Waals surface area contributed by atoms with Gasteiger partial charge in [-0.15, -0.1) is 0 Å². The lowest BCUT2D eigenvalue weighted by Gasteiger charge is -2.20. The number of nitrogens with zero attached hydrogens (tertiary/aromatic N) is 1. The minimum Gasteiger partial charge on any atom is -0.384 e. The zero-order valence-electron chi connectivity index (χ0n) is 12.7. The SMILES string of the molecule is CC(C)N(C)CCCNC(=O)c1ccc2c(c1)NCC2. The molecule has 2 N–H and O–H groups in total. The van der Waals surface area contributed by atoms with E-state index >= 15 is 0 Å². The van der Waals surface area contributed by atoms with Crippen LogP contribution in [0.2, 0.25) is 0 Å². The molecule has 4 heteroatoms. The highest BCUT2D eigenvalue weighted by molar-refractivity contribution is 5.95. The molecule has 0 spiro atoms. The number of hydrogen-bond acceptors (Lipinski definition) is 3. The first-order valence-corrected chi connectivity index (χ1v) is 7.43. The van der Waals surface area contributed by atoms with E-state index in [9.17, 15) is 4.79 Å². The molecule has 0 aliphatic carbocycles. The van der Waals surface area contributed by atoms with Crippen molar-refractivity contribution in [1.29, 1.82) is 0 Å². The Kier molecular flexibility index (Phi) is 5.01. The Hall–Kier alpha value is -1.55. The maximum Gasteiger partial charge on any atom is 0.251 e. The second-order valence-corrected chi connectivity index (χ2v) is 5.73. The summed E-state index contributed by atoms with van der Waals surface area (Å²) in [5, 5.41) is 6.29. The summed E-state index contributed by atoms with van der Waals surface area (Å²) in [7, 11) is 2.11. The monoisotopic (exact) mass is 275 g/mol. The number of amides is 1. The van der Waals surface area contributed by atoms with Crippen molar-refractivity contribution < 1.29 is 4.79 Å². The van der Waals surface area contributed by atoms with E-state index in [1.54, 1.807) is 0 Å². The molecule has 1 aliphatic heterocycles. The van der Waals surface area contributed by atoms with Crippen molar-refractivity contribution in [2.75, 3.05) is 32.0 Å². The van der Waals surface area contributed by atoms with Crippen LogP contribution < -0.4 is 10.6 Å². The molecule has 4 nitrogen and oxygen atoms in total. The summed E-state index contributed by atoms with van der Waals surface area (Å²) in [4.78, 5) is 14.4. The maximum atomic E-state index is 12.1. The number of hydrogen-bond donors (Lipinski definition) is 2. The Labute approximate surface area is 121 Å². The second-order valence-electron chi connectivity index (χ2n) is 5.73. The van der Waals surface area contributed by atoms with Crippen molar-refractivity contribution in [3.63, 3.8) is 0 Å². The molecule has 0 radical (unpaired) electrons. The first-order valence-electron chi connectivity index (χ1n) is 7.43. The molecule has 1 amide bonds. The lowest BCUT2D eigenvalue weighted by molar-refractivity contribution is 0.0951. The lowest BCUT2D eigenvalue weighted by Crippen LogP contribution is -2.31. The van der Waals surface area contributed by atoms with Crippen molar-refractivity contribution >= 4 is 11.6 Å². The summed E-state index contributed by atoms with van der Waals surface area (Å²) >= 11 is 0. The Bertz CT molecular complexity index is 471. The van der Waals surface area contributed by atoms with Crippen LogP contribution >= 0.6 is 0 Å². The number of anilines is 1.